The lowest BCUT2D eigenvalue weighted by Gasteiger charge is -2.30. The number of amides is 1. The minimum Gasteiger partial charge on any atom is -0.491 e. The number of guanidine groups is 1. The Morgan fingerprint density at radius 1 is 1.08 bits per heavy atom. The first-order valence-corrected chi connectivity index (χ1v) is 11.2. The van der Waals surface area contributed by atoms with Crippen molar-refractivity contribution in [2.24, 2.45) is 22.2 Å². The minimum atomic E-state index is -1.98. The molecule has 0 radical (unpaired) electrons. The molecule has 0 aliphatic carbocycles. The summed E-state index contributed by atoms with van der Waals surface area (Å²) in [4.78, 5) is 74.5. The predicted octanol–water partition coefficient (Wildman–Crippen LogP) is -0.798. The highest BCUT2D eigenvalue weighted by atomic mass is 16.7. The van der Waals surface area contributed by atoms with Gasteiger partial charge in [-0.05, 0) is 31.2 Å². The van der Waals surface area contributed by atoms with E-state index in [0.29, 0.717) is 10.6 Å². The molecule has 0 saturated heterocycles. The molecule has 1 amide bonds. The largest absolute Gasteiger partial charge is 0.491 e. The number of aliphatic imine (C=N–C) groups is 1. The van der Waals surface area contributed by atoms with E-state index in [1.165, 1.54) is 48.5 Å². The van der Waals surface area contributed by atoms with Gasteiger partial charge in [0, 0.05) is 11.3 Å². The van der Waals surface area contributed by atoms with Crippen molar-refractivity contribution in [1.82, 2.24) is 9.71 Å². The summed E-state index contributed by atoms with van der Waals surface area (Å²) in [6, 6.07) is 9.72. The summed E-state index contributed by atoms with van der Waals surface area (Å²) >= 11 is 0. The summed E-state index contributed by atoms with van der Waals surface area (Å²) < 4.78 is 0.211. The van der Waals surface area contributed by atoms with Crippen molar-refractivity contribution in [2.45, 2.75) is 25.4 Å². The van der Waals surface area contributed by atoms with Gasteiger partial charge < -0.3 is 32.3 Å². The molecule has 0 saturated carbocycles. The molecule has 0 fully saturated rings. The normalized spacial score (nSPS) is 12.2. The van der Waals surface area contributed by atoms with Crippen molar-refractivity contribution >= 4 is 41.0 Å². The third kappa shape index (κ3) is 6.47. The average molecular weight is 540 g/mol. The third-order valence-corrected chi connectivity index (χ3v) is 5.28. The van der Waals surface area contributed by atoms with Gasteiger partial charge >= 0.3 is 17.6 Å². The zero-order valence-electron chi connectivity index (χ0n) is 20.5. The summed E-state index contributed by atoms with van der Waals surface area (Å²) in [5.74, 6) is -5.75. The number of H-pyrrole nitrogens is 1. The van der Waals surface area contributed by atoms with Crippen molar-refractivity contribution in [2.75, 3.05) is 4.90 Å². The van der Waals surface area contributed by atoms with Crippen LogP contribution in [0, 0.1) is 0 Å². The van der Waals surface area contributed by atoms with Gasteiger partial charge in [0.1, 0.15) is 5.69 Å². The highest BCUT2D eigenvalue weighted by Crippen LogP contribution is 2.27. The molecule has 3 rings (SSSR count). The standard InChI is InChI=1S/C24H25N7O8/c1-12(32)19(30(15-5-3-2-4-6-15)20(35)16(25)11-17(33)34)22(37)39-31-21(36)18(29-24(31)38)13-7-9-14(10-8-13)28-23(26)27/h2-10,16,19,36H,11,25H2,1H3,(H,29,38)(H,33,34)(H4,26,27,28)/t16-,19+/m1/s1. The number of carbonyl (C=O) groups is 4. The van der Waals surface area contributed by atoms with Crippen molar-refractivity contribution < 1.29 is 34.2 Å². The van der Waals surface area contributed by atoms with Crippen LogP contribution < -0.4 is 32.6 Å². The van der Waals surface area contributed by atoms with E-state index in [9.17, 15) is 29.1 Å². The molecule has 9 N–H and O–H groups in total. The molecule has 1 heterocycles. The van der Waals surface area contributed by atoms with Crippen LogP contribution in [0.5, 0.6) is 5.88 Å². The Kier molecular flexibility index (Phi) is 8.47. The smallest absolute Gasteiger partial charge is 0.363 e. The van der Waals surface area contributed by atoms with Gasteiger partial charge in [0.25, 0.3) is 5.88 Å². The number of imidazole rings is 1. The van der Waals surface area contributed by atoms with Gasteiger partial charge in [-0.15, -0.1) is 0 Å². The molecule has 2 aromatic carbocycles. The quantitative estimate of drug-likeness (QED) is 0.106. The van der Waals surface area contributed by atoms with E-state index in [0.717, 1.165) is 6.92 Å². The van der Waals surface area contributed by atoms with Gasteiger partial charge in [-0.1, -0.05) is 35.1 Å². The highest BCUT2D eigenvalue weighted by Gasteiger charge is 2.39. The zero-order chi connectivity index (χ0) is 28.9. The molecule has 0 bridgehead atoms. The predicted molar refractivity (Wildman–Crippen MR) is 138 cm³/mol. The molecule has 0 aliphatic rings. The molecule has 204 valence electrons. The number of aliphatic carboxylic acids is 1. The summed E-state index contributed by atoms with van der Waals surface area (Å²) in [5, 5.41) is 19.7. The fraction of sp³-hybridized carbons (Fsp3) is 0.167. The Morgan fingerprint density at radius 3 is 2.23 bits per heavy atom. The molecule has 0 unspecified atom stereocenters. The van der Waals surface area contributed by atoms with E-state index in [4.69, 9.17) is 27.1 Å². The fourth-order valence-electron chi connectivity index (χ4n) is 3.59. The van der Waals surface area contributed by atoms with Gasteiger partial charge in [-0.3, -0.25) is 24.3 Å². The van der Waals surface area contributed by atoms with Crippen LogP contribution >= 0.6 is 0 Å². The molecule has 15 nitrogen and oxygen atoms in total. The highest BCUT2D eigenvalue weighted by molar-refractivity contribution is 6.13. The SMILES string of the molecule is CC(=O)[C@@H](C(=O)On1c(O)c(-c2ccc(N=C(N)N)cc2)[nH]c1=O)N(C(=O)[C@H](N)CC(=O)O)c1ccccc1. The Bertz CT molecular complexity index is 1470. The molecule has 2 atom stereocenters. The number of hydrogen-bond acceptors (Lipinski definition) is 9. The van der Waals surface area contributed by atoms with E-state index in [1.54, 1.807) is 6.07 Å². The Balaban J connectivity index is 1.98. The number of ketones is 1. The second kappa shape index (κ2) is 11.7. The fourth-order valence-corrected chi connectivity index (χ4v) is 3.59. The third-order valence-electron chi connectivity index (χ3n) is 5.28. The van der Waals surface area contributed by atoms with Gasteiger partial charge in [-0.2, -0.15) is 0 Å². The van der Waals surface area contributed by atoms with Crippen molar-refractivity contribution in [1.29, 1.82) is 0 Å². The minimum absolute atomic E-state index is 0.0349. The van der Waals surface area contributed by atoms with Gasteiger partial charge in [0.05, 0.1) is 18.2 Å². The first-order valence-electron chi connectivity index (χ1n) is 11.2. The van der Waals surface area contributed by atoms with E-state index in [2.05, 4.69) is 9.98 Å². The van der Waals surface area contributed by atoms with Crippen LogP contribution in [0.1, 0.15) is 13.3 Å². The number of aromatic nitrogens is 2. The molecule has 0 aliphatic heterocycles. The van der Waals surface area contributed by atoms with E-state index in [1.807, 2.05) is 0 Å². The maximum absolute atomic E-state index is 13.2. The van der Waals surface area contributed by atoms with E-state index >= 15 is 0 Å². The molecule has 39 heavy (non-hydrogen) atoms. The summed E-state index contributed by atoms with van der Waals surface area (Å²) in [5.41, 5.74) is 15.9. The molecule has 15 heteroatoms. The molecule has 1 aromatic heterocycles. The van der Waals surface area contributed by atoms with Crippen LogP contribution in [-0.4, -0.2) is 61.6 Å². The lowest BCUT2D eigenvalue weighted by Crippen LogP contribution is -2.57. The Labute approximate surface area is 220 Å². The van der Waals surface area contributed by atoms with Crippen molar-refractivity contribution in [3.8, 4) is 17.1 Å². The number of anilines is 1. The maximum Gasteiger partial charge on any atom is 0.363 e. The van der Waals surface area contributed by atoms with Crippen LogP contribution in [0.3, 0.4) is 0 Å². The van der Waals surface area contributed by atoms with Crippen molar-refractivity contribution in [3.63, 3.8) is 0 Å². The molecule has 0 spiro atoms. The lowest BCUT2D eigenvalue weighted by atomic mass is 10.1. The van der Waals surface area contributed by atoms with Gasteiger partial charge in [-0.25, -0.2) is 14.6 Å². The zero-order valence-corrected chi connectivity index (χ0v) is 20.5. The first-order chi connectivity index (χ1) is 18.4. The number of Topliss-reactive ketones (excluding diaryl/α,β-unsaturated/α-hetero) is 1. The Hall–Kier alpha value is -5.44. The lowest BCUT2D eigenvalue weighted by molar-refractivity contribution is -0.150. The maximum atomic E-state index is 13.2. The molecular weight excluding hydrogens is 514 g/mol. The average Bonchev–Trinajstić information content (AvgIpc) is 3.15. The topological polar surface area (TPSA) is 249 Å². The number of carboxylic acid groups (broad SMARTS) is 1. The van der Waals surface area contributed by atoms with Crippen LogP contribution in [0.4, 0.5) is 11.4 Å². The van der Waals surface area contributed by atoms with E-state index in [-0.39, 0.29) is 27.6 Å². The van der Waals surface area contributed by atoms with Gasteiger partial charge in [0.15, 0.2) is 17.8 Å². The van der Waals surface area contributed by atoms with Crippen LogP contribution in [0.25, 0.3) is 11.3 Å². The number of nitrogens with two attached hydrogens (primary N) is 3. The monoisotopic (exact) mass is 539 g/mol. The van der Waals surface area contributed by atoms with E-state index < -0.39 is 53.7 Å². The second-order valence-corrected chi connectivity index (χ2v) is 8.18. The summed E-state index contributed by atoms with van der Waals surface area (Å²) in [6.45, 7) is 0.987. The number of carbonyl (C=O) groups excluding carboxylic acids is 3. The summed E-state index contributed by atoms with van der Waals surface area (Å²) in [6.07, 6.45) is -0.786. The number of nitrogens with one attached hydrogen (secondary N) is 1. The number of carboxylic acids is 1. The Morgan fingerprint density at radius 2 is 1.69 bits per heavy atom. The van der Waals surface area contributed by atoms with Crippen LogP contribution in [-0.2, 0) is 19.2 Å². The number of para-hydroxylation sites is 1. The number of rotatable bonds is 10. The second-order valence-electron chi connectivity index (χ2n) is 8.18. The number of hydrogen-bond donors (Lipinski definition) is 6. The van der Waals surface area contributed by atoms with Crippen LogP contribution in [0.15, 0.2) is 64.4 Å². The number of benzene rings is 2. The number of aromatic amines is 1. The first kappa shape index (κ1) is 28.1. The molecular formula is C24H25N7O8. The molecule has 3 aromatic rings. The van der Waals surface area contributed by atoms with Crippen molar-refractivity contribution in [3.05, 3.63) is 65.1 Å². The van der Waals surface area contributed by atoms with Crippen LogP contribution in [0.2, 0.25) is 0 Å². The number of aromatic hydroxyl groups is 1. The van der Waals surface area contributed by atoms with Gasteiger partial charge in [0.2, 0.25) is 5.91 Å². The number of nitrogens with zero attached hydrogens (tertiary/aromatic N) is 3. The summed E-state index contributed by atoms with van der Waals surface area (Å²) in [7, 11) is 0.